The Kier molecular flexibility index (Phi) is 4.44. The van der Waals surface area contributed by atoms with Gasteiger partial charge in [0.1, 0.15) is 17.7 Å². The Balaban J connectivity index is 2.30. The van der Waals surface area contributed by atoms with Gasteiger partial charge in [-0.05, 0) is 47.1 Å². The summed E-state index contributed by atoms with van der Waals surface area (Å²) >= 11 is 3.30. The summed E-state index contributed by atoms with van der Waals surface area (Å²) < 4.78 is 25.1. The fourth-order valence-electron chi connectivity index (χ4n) is 1.80. The van der Waals surface area contributed by atoms with E-state index in [0.29, 0.717) is 17.1 Å². The first-order valence-electron chi connectivity index (χ1n) is 5.92. The van der Waals surface area contributed by atoms with Crippen LogP contribution in [-0.2, 0) is 0 Å². The molecule has 2 N–H and O–H groups in total. The number of benzene rings is 1. The van der Waals surface area contributed by atoms with Crippen molar-refractivity contribution < 1.29 is 13.9 Å². The van der Waals surface area contributed by atoms with Crippen LogP contribution < -0.4 is 15.2 Å². The van der Waals surface area contributed by atoms with E-state index in [2.05, 4.69) is 20.9 Å². The predicted octanol–water partition coefficient (Wildman–Crippen LogP) is 3.71. The van der Waals surface area contributed by atoms with E-state index in [1.807, 2.05) is 0 Å². The van der Waals surface area contributed by atoms with Crippen LogP contribution in [0.2, 0.25) is 0 Å². The molecular weight excluding hydrogens is 327 g/mol. The van der Waals surface area contributed by atoms with Crippen LogP contribution in [0.4, 0.5) is 10.2 Å². The molecule has 0 radical (unpaired) electrons. The Morgan fingerprint density at radius 1 is 1.30 bits per heavy atom. The average molecular weight is 341 g/mol. The van der Waals surface area contributed by atoms with E-state index in [1.165, 1.54) is 19.2 Å². The zero-order chi connectivity index (χ0) is 14.7. The smallest absolute Gasteiger partial charge is 0.166 e. The molecule has 0 fully saturated rings. The maximum atomic E-state index is 13.4. The highest BCUT2D eigenvalue weighted by Gasteiger charge is 2.16. The molecule has 4 nitrogen and oxygen atoms in total. The van der Waals surface area contributed by atoms with E-state index in [4.69, 9.17) is 15.2 Å². The lowest BCUT2D eigenvalue weighted by Gasteiger charge is -2.18. The van der Waals surface area contributed by atoms with Gasteiger partial charge in [-0.1, -0.05) is 0 Å². The van der Waals surface area contributed by atoms with Crippen molar-refractivity contribution in [1.29, 1.82) is 0 Å². The van der Waals surface area contributed by atoms with Crippen LogP contribution in [0, 0.1) is 5.82 Å². The van der Waals surface area contributed by atoms with Crippen LogP contribution >= 0.6 is 15.9 Å². The highest BCUT2D eigenvalue weighted by Crippen LogP contribution is 2.32. The molecule has 0 spiro atoms. The van der Waals surface area contributed by atoms with Crippen molar-refractivity contribution in [2.45, 2.75) is 13.0 Å². The van der Waals surface area contributed by atoms with Gasteiger partial charge in [0.05, 0.1) is 7.11 Å². The Hall–Kier alpha value is -1.82. The van der Waals surface area contributed by atoms with E-state index in [9.17, 15) is 4.39 Å². The minimum Gasteiger partial charge on any atom is -0.496 e. The van der Waals surface area contributed by atoms with Crippen molar-refractivity contribution in [3.63, 3.8) is 0 Å². The summed E-state index contributed by atoms with van der Waals surface area (Å²) in [6.07, 6.45) is 1.15. The number of hydrogen-bond donors (Lipinski definition) is 1. The molecule has 1 atom stereocenters. The van der Waals surface area contributed by atoms with Crippen LogP contribution in [-0.4, -0.2) is 12.1 Å². The Labute approximate surface area is 124 Å². The summed E-state index contributed by atoms with van der Waals surface area (Å²) in [4.78, 5) is 3.99. The summed E-state index contributed by atoms with van der Waals surface area (Å²) in [6.45, 7) is 1.79. The fourth-order valence-corrected chi connectivity index (χ4v) is 2.11. The van der Waals surface area contributed by atoms with Gasteiger partial charge in [-0.3, -0.25) is 0 Å². The number of nitrogen functional groups attached to an aromatic ring is 1. The lowest BCUT2D eigenvalue weighted by Crippen LogP contribution is -2.07. The van der Waals surface area contributed by atoms with Gasteiger partial charge in [0.15, 0.2) is 11.6 Å². The second-order valence-electron chi connectivity index (χ2n) is 4.18. The van der Waals surface area contributed by atoms with Crippen LogP contribution in [0.25, 0.3) is 0 Å². The molecule has 2 rings (SSSR count). The number of methoxy groups -OCH3 is 1. The number of pyridine rings is 1. The summed E-state index contributed by atoms with van der Waals surface area (Å²) in [5, 5.41) is 0. The number of nitrogens with zero attached hydrogens (tertiary/aromatic N) is 1. The minimum atomic E-state index is -0.431. The van der Waals surface area contributed by atoms with E-state index in [0.717, 1.165) is 4.47 Å². The first-order valence-corrected chi connectivity index (χ1v) is 6.71. The molecule has 106 valence electrons. The lowest BCUT2D eigenvalue weighted by molar-refractivity contribution is 0.221. The molecule has 2 aromatic rings. The quantitative estimate of drug-likeness (QED) is 0.921. The SMILES string of the molecule is COc1ccc(F)cc1C(C)Oc1cc(Br)cnc1N. The number of aromatic nitrogens is 1. The van der Waals surface area contributed by atoms with Crippen molar-refractivity contribution in [3.05, 3.63) is 46.3 Å². The standard InChI is InChI=1S/C14H14BrFN2O2/c1-8(11-6-10(16)3-4-12(11)19-2)20-13-5-9(15)7-18-14(13)17/h3-8H,1-2H3,(H2,17,18). The molecule has 1 aromatic heterocycles. The predicted molar refractivity (Wildman–Crippen MR) is 78.3 cm³/mol. The van der Waals surface area contributed by atoms with Gasteiger partial charge in [0, 0.05) is 16.2 Å². The molecular formula is C14H14BrFN2O2. The van der Waals surface area contributed by atoms with Gasteiger partial charge in [-0.15, -0.1) is 0 Å². The van der Waals surface area contributed by atoms with Crippen molar-refractivity contribution in [1.82, 2.24) is 4.98 Å². The monoisotopic (exact) mass is 340 g/mol. The third-order valence-electron chi connectivity index (χ3n) is 2.78. The van der Waals surface area contributed by atoms with Gasteiger partial charge < -0.3 is 15.2 Å². The maximum Gasteiger partial charge on any atom is 0.166 e. The molecule has 0 aliphatic carbocycles. The Bertz CT molecular complexity index is 622. The van der Waals surface area contributed by atoms with E-state index in [-0.39, 0.29) is 11.6 Å². The summed E-state index contributed by atoms with van der Waals surface area (Å²) in [5.74, 6) is 0.908. The van der Waals surface area contributed by atoms with Gasteiger partial charge in [-0.2, -0.15) is 0 Å². The maximum absolute atomic E-state index is 13.4. The molecule has 0 aliphatic rings. The number of nitrogens with two attached hydrogens (primary N) is 1. The Morgan fingerprint density at radius 3 is 2.75 bits per heavy atom. The van der Waals surface area contributed by atoms with Crippen molar-refractivity contribution >= 4 is 21.7 Å². The summed E-state index contributed by atoms with van der Waals surface area (Å²) in [6, 6.07) is 5.99. The topological polar surface area (TPSA) is 57.4 Å². The van der Waals surface area contributed by atoms with Crippen molar-refractivity contribution in [3.8, 4) is 11.5 Å². The number of ether oxygens (including phenoxy) is 2. The van der Waals surface area contributed by atoms with Gasteiger partial charge in [0.2, 0.25) is 0 Å². The summed E-state index contributed by atoms with van der Waals surface area (Å²) in [7, 11) is 1.53. The first-order chi connectivity index (χ1) is 9.51. The molecule has 1 unspecified atom stereocenters. The van der Waals surface area contributed by atoms with Gasteiger partial charge >= 0.3 is 0 Å². The van der Waals surface area contributed by atoms with E-state index < -0.39 is 6.10 Å². The van der Waals surface area contributed by atoms with Crippen molar-refractivity contribution in [2.75, 3.05) is 12.8 Å². The highest BCUT2D eigenvalue weighted by atomic mass is 79.9. The Morgan fingerprint density at radius 2 is 2.05 bits per heavy atom. The second kappa shape index (κ2) is 6.09. The molecule has 1 heterocycles. The molecule has 0 amide bonds. The average Bonchev–Trinajstić information content (AvgIpc) is 2.42. The molecule has 0 aliphatic heterocycles. The number of anilines is 1. The van der Waals surface area contributed by atoms with Crippen molar-refractivity contribution in [2.24, 2.45) is 0 Å². The number of halogens is 2. The minimum absolute atomic E-state index is 0.274. The van der Waals surface area contributed by atoms with Crippen LogP contribution in [0.15, 0.2) is 34.9 Å². The van der Waals surface area contributed by atoms with Crippen LogP contribution in [0.1, 0.15) is 18.6 Å². The largest absolute Gasteiger partial charge is 0.496 e. The number of rotatable bonds is 4. The van der Waals surface area contributed by atoms with Crippen LogP contribution in [0.5, 0.6) is 11.5 Å². The first kappa shape index (κ1) is 14.6. The zero-order valence-corrected chi connectivity index (χ0v) is 12.6. The third kappa shape index (κ3) is 3.19. The van der Waals surface area contributed by atoms with E-state index >= 15 is 0 Å². The van der Waals surface area contributed by atoms with Gasteiger partial charge in [0.25, 0.3) is 0 Å². The molecule has 1 aromatic carbocycles. The highest BCUT2D eigenvalue weighted by molar-refractivity contribution is 9.10. The molecule has 0 saturated carbocycles. The fraction of sp³-hybridized carbons (Fsp3) is 0.214. The third-order valence-corrected chi connectivity index (χ3v) is 3.22. The summed E-state index contributed by atoms with van der Waals surface area (Å²) in [5.41, 5.74) is 6.36. The normalized spacial score (nSPS) is 12.0. The molecule has 20 heavy (non-hydrogen) atoms. The molecule has 6 heteroatoms. The van der Waals surface area contributed by atoms with Gasteiger partial charge in [-0.25, -0.2) is 9.37 Å². The second-order valence-corrected chi connectivity index (χ2v) is 5.10. The van der Waals surface area contributed by atoms with Crippen LogP contribution in [0.3, 0.4) is 0 Å². The number of hydrogen-bond acceptors (Lipinski definition) is 4. The molecule has 0 saturated heterocycles. The molecule has 0 bridgehead atoms. The van der Waals surface area contributed by atoms with E-state index in [1.54, 1.807) is 25.3 Å². The lowest BCUT2D eigenvalue weighted by atomic mass is 10.1. The zero-order valence-electron chi connectivity index (χ0n) is 11.1.